The number of urea groups is 1. The van der Waals surface area contributed by atoms with Crippen LogP contribution in [0, 0.1) is 25.6 Å². The predicted octanol–water partition coefficient (Wildman–Crippen LogP) is 6.91. The smallest absolute Gasteiger partial charge is 0.328 e. The molecule has 0 saturated carbocycles. The molecule has 1 atom stereocenters. The number of carbonyl (C=O) groups excluding carboxylic acids is 3. The zero-order valence-electron chi connectivity index (χ0n) is 38.3. The Hall–Kier alpha value is -6.53. The van der Waals surface area contributed by atoms with E-state index in [9.17, 15) is 19.5 Å². The maximum atomic E-state index is 16.2. The van der Waals surface area contributed by atoms with Crippen molar-refractivity contribution in [2.24, 2.45) is 5.92 Å². The minimum Gasteiger partial charge on any atom is -0.392 e. The van der Waals surface area contributed by atoms with Crippen molar-refractivity contribution >= 4 is 40.3 Å². The summed E-state index contributed by atoms with van der Waals surface area (Å²) in [4.78, 5) is 60.2. The Balaban J connectivity index is 0.828. The molecule has 3 fully saturated rings. The van der Waals surface area contributed by atoms with Crippen molar-refractivity contribution in [2.45, 2.75) is 97.8 Å². The molecule has 6 aromatic rings. The Morgan fingerprint density at radius 1 is 0.985 bits per heavy atom. The number of rotatable bonds is 11. The number of amides is 4. The molecule has 346 valence electrons. The van der Waals surface area contributed by atoms with E-state index in [1.54, 1.807) is 17.9 Å². The summed E-state index contributed by atoms with van der Waals surface area (Å²) in [5, 5.41) is 25.1. The third-order valence-electron chi connectivity index (χ3n) is 13.4. The number of aliphatic hydroxyl groups is 1. The standard InChI is InChI=1S/C48H57FN12O5/c1-27(52-45(64)44-55-46(66-57-44)48(4,5)6)35-22-38(49)36(21-31(35)25-62)42-37-23-39(53-43(37)51-26-50-42)41-28(2)56-61(29(41)3)34-13-16-58(17-14-34)24-30-11-18-59(19-12-30)32-7-9-33(10-8-32)60-20-15-40(63)54-47(60)65/h7-10,21-23,26-27,30,34,62H,11-20,24-25H2,1-6H3,(H,52,64)(H,50,51,53)(H,54,63,65)/t27-/m1/s1. The number of nitrogens with one attached hydrogen (secondary N) is 3. The molecule has 66 heavy (non-hydrogen) atoms. The SMILES string of the molecule is Cc1nn(C2CCN(CC3CCN(c4ccc(N5CCC(=O)NC5=O)cc4)CC3)CC2)c(C)c1-c1cc2c(-c3cc(CO)c([C@@H](C)NC(=O)c4noc(C(C)(C)C)n4)cc3F)ncnc2[nH]1. The van der Waals surface area contributed by atoms with Gasteiger partial charge in [-0.25, -0.2) is 19.2 Å². The van der Waals surface area contributed by atoms with E-state index in [1.807, 2.05) is 45.9 Å². The van der Waals surface area contributed by atoms with Gasteiger partial charge in [-0.2, -0.15) is 10.1 Å². The molecule has 0 unspecified atom stereocenters. The number of imide groups is 1. The van der Waals surface area contributed by atoms with Crippen LogP contribution in [0.15, 0.2) is 53.3 Å². The fourth-order valence-corrected chi connectivity index (χ4v) is 9.75. The van der Waals surface area contributed by atoms with Gasteiger partial charge in [0.1, 0.15) is 17.8 Å². The lowest BCUT2D eigenvalue weighted by atomic mass is 9.94. The van der Waals surface area contributed by atoms with Crippen LogP contribution in [0.1, 0.15) is 111 Å². The topological polar surface area (TPSA) is 204 Å². The van der Waals surface area contributed by atoms with Gasteiger partial charge in [-0.15, -0.1) is 0 Å². The van der Waals surface area contributed by atoms with E-state index in [-0.39, 0.29) is 29.4 Å². The first-order chi connectivity index (χ1) is 31.6. The van der Waals surface area contributed by atoms with E-state index in [1.165, 1.54) is 12.4 Å². The second kappa shape index (κ2) is 18.0. The van der Waals surface area contributed by atoms with Crippen molar-refractivity contribution in [3.63, 3.8) is 0 Å². The fourth-order valence-electron chi connectivity index (χ4n) is 9.75. The number of H-pyrrole nitrogens is 1. The fraction of sp³-hybridized carbons (Fsp3) is 0.458. The van der Waals surface area contributed by atoms with Crippen molar-refractivity contribution in [1.82, 2.24) is 50.4 Å². The summed E-state index contributed by atoms with van der Waals surface area (Å²) in [7, 11) is 0. The summed E-state index contributed by atoms with van der Waals surface area (Å²) in [5.41, 5.74) is 7.19. The first-order valence-electron chi connectivity index (χ1n) is 22.8. The van der Waals surface area contributed by atoms with E-state index in [0.717, 1.165) is 92.4 Å². The van der Waals surface area contributed by atoms with E-state index in [0.29, 0.717) is 52.6 Å². The summed E-state index contributed by atoms with van der Waals surface area (Å²) >= 11 is 0. The van der Waals surface area contributed by atoms with Crippen molar-refractivity contribution in [3.8, 4) is 22.5 Å². The molecule has 4 N–H and O–H groups in total. The quantitative estimate of drug-likeness (QED) is 0.105. The van der Waals surface area contributed by atoms with Crippen LogP contribution < -0.4 is 20.4 Å². The van der Waals surface area contributed by atoms with Crippen LogP contribution in [-0.2, 0) is 16.8 Å². The molecule has 4 aromatic heterocycles. The molecule has 2 aromatic carbocycles. The Morgan fingerprint density at radius 3 is 2.39 bits per heavy atom. The van der Waals surface area contributed by atoms with Gasteiger partial charge in [0, 0.05) is 84.7 Å². The molecular weight excluding hydrogens is 844 g/mol. The highest BCUT2D eigenvalue weighted by Gasteiger charge is 2.30. The Bertz CT molecular complexity index is 2780. The average molecular weight is 901 g/mol. The van der Waals surface area contributed by atoms with Crippen molar-refractivity contribution in [2.75, 3.05) is 49.1 Å². The minimum atomic E-state index is -0.686. The number of aryl methyl sites for hydroxylation is 1. The summed E-state index contributed by atoms with van der Waals surface area (Å²) in [6, 6.07) is 12.1. The maximum Gasteiger partial charge on any atom is 0.328 e. The Kier molecular flexibility index (Phi) is 12.2. The highest BCUT2D eigenvalue weighted by molar-refractivity contribution is 6.05. The number of hydrogen-bond acceptors (Lipinski definition) is 12. The number of piperidine rings is 2. The van der Waals surface area contributed by atoms with E-state index < -0.39 is 29.8 Å². The highest BCUT2D eigenvalue weighted by Crippen LogP contribution is 2.37. The molecule has 4 amide bonds. The molecule has 0 bridgehead atoms. The molecule has 9 rings (SSSR count). The molecule has 7 heterocycles. The minimum absolute atomic E-state index is 0.128. The lowest BCUT2D eigenvalue weighted by molar-refractivity contribution is -0.120. The first-order valence-corrected chi connectivity index (χ1v) is 22.8. The van der Waals surface area contributed by atoms with Gasteiger partial charge in [-0.1, -0.05) is 25.9 Å². The second-order valence-corrected chi connectivity index (χ2v) is 18.9. The lowest BCUT2D eigenvalue weighted by Crippen LogP contribution is -2.49. The summed E-state index contributed by atoms with van der Waals surface area (Å²) in [6.45, 7) is 16.6. The number of nitrogens with zero attached hydrogens (tertiary/aromatic N) is 9. The van der Waals surface area contributed by atoms with Crippen molar-refractivity contribution < 1.29 is 28.4 Å². The number of likely N-dealkylation sites (tertiary alicyclic amines) is 1. The maximum absolute atomic E-state index is 16.2. The molecular formula is C48H57FN12O5. The normalized spacial score (nSPS) is 17.5. The predicted molar refractivity (Wildman–Crippen MR) is 246 cm³/mol. The number of aliphatic hydroxyl groups excluding tert-OH is 1. The number of hydrogen-bond donors (Lipinski definition) is 4. The molecule has 3 aliphatic rings. The number of carbonyl (C=O) groups is 3. The van der Waals surface area contributed by atoms with Gasteiger partial charge in [0.05, 0.1) is 35.8 Å². The van der Waals surface area contributed by atoms with Gasteiger partial charge < -0.3 is 29.7 Å². The van der Waals surface area contributed by atoms with E-state index in [4.69, 9.17) is 9.62 Å². The highest BCUT2D eigenvalue weighted by atomic mass is 19.1. The van der Waals surface area contributed by atoms with Gasteiger partial charge in [0.2, 0.25) is 11.8 Å². The molecule has 17 nitrogen and oxygen atoms in total. The molecule has 0 aliphatic carbocycles. The Morgan fingerprint density at radius 2 is 1.71 bits per heavy atom. The van der Waals surface area contributed by atoms with Crippen LogP contribution in [-0.4, -0.2) is 102 Å². The Labute approximate surface area is 382 Å². The number of aromatic nitrogens is 7. The number of aromatic amines is 1. The monoisotopic (exact) mass is 900 g/mol. The molecule has 0 radical (unpaired) electrons. The van der Waals surface area contributed by atoms with Crippen LogP contribution in [0.2, 0.25) is 0 Å². The first kappa shape index (κ1) is 44.7. The largest absolute Gasteiger partial charge is 0.392 e. The molecule has 0 spiro atoms. The van der Waals surface area contributed by atoms with Gasteiger partial charge in [0.25, 0.3) is 11.7 Å². The van der Waals surface area contributed by atoms with Gasteiger partial charge in [-0.05, 0) is 106 Å². The number of benzene rings is 2. The van der Waals surface area contributed by atoms with Gasteiger partial charge in [0.15, 0.2) is 0 Å². The van der Waals surface area contributed by atoms with E-state index in [2.05, 4.69) is 69.3 Å². The summed E-state index contributed by atoms with van der Waals surface area (Å²) in [5.74, 6) is -0.550. The summed E-state index contributed by atoms with van der Waals surface area (Å²) in [6.07, 6.45) is 5.94. The van der Waals surface area contributed by atoms with Crippen LogP contribution in [0.25, 0.3) is 33.5 Å². The second-order valence-electron chi connectivity index (χ2n) is 18.9. The van der Waals surface area contributed by atoms with Gasteiger partial charge >= 0.3 is 6.03 Å². The zero-order valence-corrected chi connectivity index (χ0v) is 38.3. The van der Waals surface area contributed by atoms with Crippen LogP contribution in [0.4, 0.5) is 20.6 Å². The number of fused-ring (bicyclic) bond motifs is 1. The lowest BCUT2D eigenvalue weighted by Gasteiger charge is -2.38. The molecule has 3 saturated heterocycles. The molecule has 3 aliphatic heterocycles. The van der Waals surface area contributed by atoms with Crippen molar-refractivity contribution in [1.29, 1.82) is 0 Å². The van der Waals surface area contributed by atoms with Crippen molar-refractivity contribution in [3.05, 3.63) is 88.8 Å². The van der Waals surface area contributed by atoms with E-state index >= 15 is 4.39 Å². The molecule has 18 heteroatoms. The number of halogens is 1. The number of anilines is 2. The van der Waals surface area contributed by atoms with Crippen LogP contribution >= 0.6 is 0 Å². The van der Waals surface area contributed by atoms with Crippen LogP contribution in [0.5, 0.6) is 0 Å². The third-order valence-corrected chi connectivity index (χ3v) is 13.4. The average Bonchev–Trinajstić information content (AvgIpc) is 4.05. The van der Waals surface area contributed by atoms with Crippen LogP contribution in [0.3, 0.4) is 0 Å². The zero-order chi connectivity index (χ0) is 46.4. The summed E-state index contributed by atoms with van der Waals surface area (Å²) < 4.78 is 23.6. The third kappa shape index (κ3) is 8.90. The van der Waals surface area contributed by atoms with Gasteiger partial charge in [-0.3, -0.25) is 24.5 Å².